The molecular weight excluding hydrogens is 208 g/mol. The number of aryl methyl sites for hydroxylation is 1. The van der Waals surface area contributed by atoms with Crippen LogP contribution in [0.1, 0.15) is 34.8 Å². The molecule has 2 aromatic rings. The summed E-state index contributed by atoms with van der Waals surface area (Å²) in [5, 5.41) is 0. The summed E-state index contributed by atoms with van der Waals surface area (Å²) in [5.74, 6) is 0.0713. The van der Waals surface area contributed by atoms with Crippen LogP contribution in [0.3, 0.4) is 0 Å². The second-order valence-electron chi connectivity index (χ2n) is 4.06. The van der Waals surface area contributed by atoms with Gasteiger partial charge in [0.15, 0.2) is 5.78 Å². The Bertz CT molecular complexity index is 483. The Morgan fingerprint density at radius 1 is 1.00 bits per heavy atom. The van der Waals surface area contributed by atoms with Gasteiger partial charge in [-0.15, -0.1) is 0 Å². The van der Waals surface area contributed by atoms with Crippen LogP contribution >= 0.6 is 0 Å². The highest BCUT2D eigenvalue weighted by molar-refractivity contribution is 6.08. The van der Waals surface area contributed by atoms with Gasteiger partial charge in [0.1, 0.15) is 0 Å². The number of ketones is 1. The van der Waals surface area contributed by atoms with Crippen LogP contribution in [0, 0.1) is 6.07 Å². The third kappa shape index (κ3) is 2.82. The lowest BCUT2D eigenvalue weighted by atomic mass is 10.0. The molecule has 85 valence electrons. The fraction of sp³-hybridized carbons (Fsp3) is 0.188. The van der Waals surface area contributed by atoms with E-state index >= 15 is 0 Å². The van der Waals surface area contributed by atoms with Gasteiger partial charge < -0.3 is 0 Å². The van der Waals surface area contributed by atoms with Crippen molar-refractivity contribution < 1.29 is 4.79 Å². The first-order chi connectivity index (χ1) is 8.31. The minimum Gasteiger partial charge on any atom is -0.289 e. The summed E-state index contributed by atoms with van der Waals surface area (Å²) in [6.07, 6.45) is 2.19. The molecule has 1 heteroatoms. The van der Waals surface area contributed by atoms with E-state index in [0.29, 0.717) is 5.56 Å². The molecule has 0 saturated heterocycles. The highest BCUT2D eigenvalue weighted by Crippen LogP contribution is 2.11. The molecule has 0 spiro atoms. The van der Waals surface area contributed by atoms with Crippen molar-refractivity contribution in [1.82, 2.24) is 0 Å². The van der Waals surface area contributed by atoms with Crippen LogP contribution in [0.2, 0.25) is 0 Å². The molecule has 0 aliphatic heterocycles. The fourth-order valence-electron chi connectivity index (χ4n) is 1.82. The van der Waals surface area contributed by atoms with Gasteiger partial charge in [-0.3, -0.25) is 4.79 Å². The average molecular weight is 223 g/mol. The zero-order valence-corrected chi connectivity index (χ0v) is 9.94. The van der Waals surface area contributed by atoms with Gasteiger partial charge in [-0.2, -0.15) is 0 Å². The lowest BCUT2D eigenvalue weighted by Gasteiger charge is -2.03. The van der Waals surface area contributed by atoms with Gasteiger partial charge in [-0.1, -0.05) is 61.9 Å². The molecule has 17 heavy (non-hydrogen) atoms. The van der Waals surface area contributed by atoms with E-state index in [4.69, 9.17) is 0 Å². The fourth-order valence-corrected chi connectivity index (χ4v) is 1.82. The molecule has 0 saturated carbocycles. The van der Waals surface area contributed by atoms with E-state index < -0.39 is 0 Å². The van der Waals surface area contributed by atoms with Gasteiger partial charge in [0.2, 0.25) is 0 Å². The van der Waals surface area contributed by atoms with E-state index in [9.17, 15) is 4.79 Å². The second-order valence-corrected chi connectivity index (χ2v) is 4.06. The zero-order chi connectivity index (χ0) is 12.1. The van der Waals surface area contributed by atoms with E-state index in [1.165, 1.54) is 5.56 Å². The molecule has 0 bridgehead atoms. The summed E-state index contributed by atoms with van der Waals surface area (Å²) >= 11 is 0. The van der Waals surface area contributed by atoms with Crippen LogP contribution in [-0.4, -0.2) is 5.78 Å². The first kappa shape index (κ1) is 11.6. The van der Waals surface area contributed by atoms with Gasteiger partial charge in [0.25, 0.3) is 0 Å². The molecule has 2 aromatic carbocycles. The van der Waals surface area contributed by atoms with Crippen molar-refractivity contribution in [2.75, 3.05) is 0 Å². The Hall–Kier alpha value is -1.89. The summed E-state index contributed by atoms with van der Waals surface area (Å²) in [4.78, 5) is 12.1. The molecule has 0 fully saturated rings. The molecule has 0 aliphatic rings. The molecule has 1 nitrogen and oxygen atoms in total. The Balaban J connectivity index is 2.20. The molecular formula is C16H15O. The van der Waals surface area contributed by atoms with Crippen molar-refractivity contribution in [2.24, 2.45) is 0 Å². The number of benzene rings is 2. The molecule has 0 heterocycles. The number of carbonyl (C=O) groups excluding carboxylic acids is 1. The summed E-state index contributed by atoms with van der Waals surface area (Å²) in [5.41, 5.74) is 2.74. The summed E-state index contributed by atoms with van der Waals surface area (Å²) in [6.45, 7) is 2.15. The van der Waals surface area contributed by atoms with E-state index in [1.54, 1.807) is 24.3 Å². The third-order valence-electron chi connectivity index (χ3n) is 2.74. The first-order valence-corrected chi connectivity index (χ1v) is 5.91. The molecule has 0 aliphatic carbocycles. The van der Waals surface area contributed by atoms with Crippen molar-refractivity contribution in [1.29, 1.82) is 0 Å². The molecule has 0 N–H and O–H groups in total. The number of rotatable bonds is 4. The first-order valence-electron chi connectivity index (χ1n) is 5.91. The molecule has 0 unspecified atom stereocenters. The third-order valence-corrected chi connectivity index (χ3v) is 2.74. The maximum Gasteiger partial charge on any atom is 0.193 e. The summed E-state index contributed by atoms with van der Waals surface area (Å²) < 4.78 is 0. The van der Waals surface area contributed by atoms with Crippen LogP contribution in [-0.2, 0) is 6.42 Å². The topological polar surface area (TPSA) is 17.1 Å². The number of carbonyl (C=O) groups is 1. The van der Waals surface area contributed by atoms with Crippen molar-refractivity contribution in [3.8, 4) is 0 Å². The number of hydrogen-bond acceptors (Lipinski definition) is 1. The predicted molar refractivity (Wildman–Crippen MR) is 69.1 cm³/mol. The van der Waals surface area contributed by atoms with E-state index in [2.05, 4.69) is 13.0 Å². The highest BCUT2D eigenvalue weighted by atomic mass is 16.1. The largest absolute Gasteiger partial charge is 0.289 e. The molecule has 0 amide bonds. The zero-order valence-electron chi connectivity index (χ0n) is 9.94. The quantitative estimate of drug-likeness (QED) is 0.723. The lowest BCUT2D eigenvalue weighted by Crippen LogP contribution is -2.00. The van der Waals surface area contributed by atoms with Gasteiger partial charge in [-0.05, 0) is 18.1 Å². The van der Waals surface area contributed by atoms with Crippen molar-refractivity contribution in [3.05, 3.63) is 71.3 Å². The van der Waals surface area contributed by atoms with Crippen LogP contribution in [0.15, 0.2) is 48.5 Å². The number of hydrogen-bond donors (Lipinski definition) is 0. The molecule has 1 radical (unpaired) electrons. The SMILES string of the molecule is CCCc1ccc(C(=O)c2cc[c]cc2)cc1. The van der Waals surface area contributed by atoms with E-state index in [1.807, 2.05) is 24.3 Å². The Labute approximate surface area is 102 Å². The van der Waals surface area contributed by atoms with Crippen molar-refractivity contribution >= 4 is 5.78 Å². The minimum absolute atomic E-state index is 0.0713. The predicted octanol–water partition coefficient (Wildman–Crippen LogP) is 3.67. The standard InChI is InChI=1S/C16H15O/c1-2-6-13-9-11-15(12-10-13)16(17)14-7-4-3-5-8-14/h4-5,7-12H,2,6H2,1H3. The van der Waals surface area contributed by atoms with E-state index in [0.717, 1.165) is 18.4 Å². The Morgan fingerprint density at radius 3 is 2.18 bits per heavy atom. The minimum atomic E-state index is 0.0713. The monoisotopic (exact) mass is 223 g/mol. The Kier molecular flexibility index (Phi) is 3.71. The highest BCUT2D eigenvalue weighted by Gasteiger charge is 2.07. The Morgan fingerprint density at radius 2 is 1.59 bits per heavy atom. The van der Waals surface area contributed by atoms with Crippen LogP contribution in [0.5, 0.6) is 0 Å². The van der Waals surface area contributed by atoms with E-state index in [-0.39, 0.29) is 5.78 Å². The summed E-state index contributed by atoms with van der Waals surface area (Å²) in [6, 6.07) is 17.9. The van der Waals surface area contributed by atoms with Crippen LogP contribution in [0.4, 0.5) is 0 Å². The van der Waals surface area contributed by atoms with Gasteiger partial charge >= 0.3 is 0 Å². The van der Waals surface area contributed by atoms with Crippen LogP contribution < -0.4 is 0 Å². The molecule has 0 atom stereocenters. The molecule has 2 rings (SSSR count). The van der Waals surface area contributed by atoms with Crippen molar-refractivity contribution in [3.63, 3.8) is 0 Å². The van der Waals surface area contributed by atoms with Gasteiger partial charge in [0.05, 0.1) is 0 Å². The van der Waals surface area contributed by atoms with Crippen LogP contribution in [0.25, 0.3) is 0 Å². The lowest BCUT2D eigenvalue weighted by molar-refractivity contribution is 0.103. The normalized spacial score (nSPS) is 10.2. The van der Waals surface area contributed by atoms with Gasteiger partial charge in [0, 0.05) is 11.1 Å². The average Bonchev–Trinajstić information content (AvgIpc) is 2.40. The second kappa shape index (κ2) is 5.44. The molecule has 0 aromatic heterocycles. The van der Waals surface area contributed by atoms with Gasteiger partial charge in [-0.25, -0.2) is 0 Å². The van der Waals surface area contributed by atoms with Crippen molar-refractivity contribution in [2.45, 2.75) is 19.8 Å². The maximum absolute atomic E-state index is 12.1. The maximum atomic E-state index is 12.1. The summed E-state index contributed by atoms with van der Waals surface area (Å²) in [7, 11) is 0. The smallest absolute Gasteiger partial charge is 0.193 e.